The fourth-order valence-electron chi connectivity index (χ4n) is 6.11. The molecule has 0 unspecified atom stereocenters. The first-order valence-corrected chi connectivity index (χ1v) is 15.0. The van der Waals surface area contributed by atoms with Crippen molar-refractivity contribution >= 4 is 43.5 Å². The lowest BCUT2D eigenvalue weighted by atomic mass is 10.0. The van der Waals surface area contributed by atoms with E-state index < -0.39 is 0 Å². The summed E-state index contributed by atoms with van der Waals surface area (Å²) in [5.74, 6) is 0.988. The zero-order chi connectivity index (χ0) is 30.6. The molecule has 0 aliphatic carbocycles. The fourth-order valence-corrected chi connectivity index (χ4v) is 6.11. The summed E-state index contributed by atoms with van der Waals surface area (Å²) in [5.41, 5.74) is 5.58. The molecule has 0 aliphatic heterocycles. The average Bonchev–Trinajstić information content (AvgIpc) is 3.48. The predicted molar refractivity (Wildman–Crippen MR) is 182 cm³/mol. The summed E-state index contributed by atoms with van der Waals surface area (Å²) in [4.78, 5) is 19.4. The Morgan fingerprint density at radius 3 is 1.91 bits per heavy atom. The van der Waals surface area contributed by atoms with Crippen molar-refractivity contribution in [2.75, 3.05) is 0 Å². The van der Waals surface area contributed by atoms with Gasteiger partial charge in [-0.1, -0.05) is 97.1 Å². The predicted octanol–water partition coefficient (Wildman–Crippen LogP) is 10.3. The van der Waals surface area contributed by atoms with Gasteiger partial charge >= 0.3 is 0 Å². The summed E-state index contributed by atoms with van der Waals surface area (Å²) in [7, 11) is 0. The highest BCUT2D eigenvalue weighted by Gasteiger charge is 2.18. The van der Waals surface area contributed by atoms with Crippen LogP contribution in [0.15, 0.2) is 144 Å². The van der Waals surface area contributed by atoms with Crippen LogP contribution in [0, 0.1) is 5.82 Å². The second kappa shape index (κ2) is 10.4. The summed E-state index contributed by atoms with van der Waals surface area (Å²) in [6.07, 6.45) is 1.89. The van der Waals surface area contributed by atoms with Gasteiger partial charge in [0.25, 0.3) is 0 Å². The number of benzene rings is 6. The van der Waals surface area contributed by atoms with E-state index in [1.807, 2.05) is 72.9 Å². The lowest BCUT2D eigenvalue weighted by Crippen LogP contribution is -2.00. The van der Waals surface area contributed by atoms with Crippen LogP contribution >= 0.6 is 0 Å². The highest BCUT2D eigenvalue weighted by Crippen LogP contribution is 2.38. The minimum absolute atomic E-state index is 0.358. The Bertz CT molecular complexity index is 2610. The third-order valence-electron chi connectivity index (χ3n) is 8.39. The van der Waals surface area contributed by atoms with Gasteiger partial charge in [-0.3, -0.25) is 4.98 Å². The summed E-state index contributed by atoms with van der Waals surface area (Å²) in [6.45, 7) is 0. The second-order valence-corrected chi connectivity index (χ2v) is 11.3. The third-order valence-corrected chi connectivity index (χ3v) is 8.39. The molecule has 216 valence electrons. The lowest BCUT2D eigenvalue weighted by molar-refractivity contribution is 0.628. The van der Waals surface area contributed by atoms with Crippen molar-refractivity contribution < 1.29 is 8.81 Å². The molecule has 3 aromatic heterocycles. The molecule has 9 aromatic rings. The molecule has 6 aromatic carbocycles. The Balaban J connectivity index is 1.22. The molecule has 3 heterocycles. The van der Waals surface area contributed by atoms with Crippen LogP contribution in [0.2, 0.25) is 0 Å². The van der Waals surface area contributed by atoms with Crippen molar-refractivity contribution in [1.29, 1.82) is 0 Å². The molecule has 0 fully saturated rings. The Hall–Kier alpha value is -6.27. The van der Waals surface area contributed by atoms with E-state index in [0.717, 1.165) is 65.9 Å². The third kappa shape index (κ3) is 4.47. The van der Waals surface area contributed by atoms with Gasteiger partial charge in [0, 0.05) is 44.6 Å². The van der Waals surface area contributed by atoms with Crippen molar-refractivity contribution in [1.82, 2.24) is 19.9 Å². The van der Waals surface area contributed by atoms with E-state index >= 15 is 0 Å². The van der Waals surface area contributed by atoms with Gasteiger partial charge in [-0.25, -0.2) is 19.3 Å². The standard InChI is InChI=1S/C40H23FN4O/c41-31-12-5-11-29(19-31)39-43-38(25-17-15-24(16-18-25)34-21-27-8-3-4-10-30(27)23-42-34)44-40(45-39)32-13-6-14-35-37(32)33-20-26-7-1-2-9-28(26)22-36(33)46-35/h1-23H. The Labute approximate surface area is 262 Å². The van der Waals surface area contributed by atoms with Gasteiger partial charge in [0.05, 0.1) is 5.69 Å². The Morgan fingerprint density at radius 2 is 1.13 bits per heavy atom. The molecule has 0 aliphatic rings. The molecule has 0 atom stereocenters. The number of hydrogen-bond donors (Lipinski definition) is 0. The number of furan rings is 1. The van der Waals surface area contributed by atoms with Gasteiger partial charge in [0.1, 0.15) is 17.0 Å². The maximum Gasteiger partial charge on any atom is 0.164 e. The molecular weight excluding hydrogens is 571 g/mol. The second-order valence-electron chi connectivity index (χ2n) is 11.3. The van der Waals surface area contributed by atoms with E-state index in [1.165, 1.54) is 12.1 Å². The maximum absolute atomic E-state index is 14.4. The molecule has 0 saturated heterocycles. The highest BCUT2D eigenvalue weighted by molar-refractivity contribution is 6.15. The number of nitrogens with zero attached hydrogens (tertiary/aromatic N) is 4. The maximum atomic E-state index is 14.4. The number of fused-ring (bicyclic) bond motifs is 5. The monoisotopic (exact) mass is 594 g/mol. The van der Waals surface area contributed by atoms with Crippen LogP contribution in [0.3, 0.4) is 0 Å². The normalized spacial score (nSPS) is 11.6. The molecule has 0 bridgehead atoms. The number of pyridine rings is 1. The first-order chi connectivity index (χ1) is 22.7. The molecule has 0 spiro atoms. The van der Waals surface area contributed by atoms with E-state index in [9.17, 15) is 4.39 Å². The van der Waals surface area contributed by atoms with Crippen LogP contribution in [0.25, 0.3) is 88.9 Å². The largest absolute Gasteiger partial charge is 0.456 e. The summed E-state index contributed by atoms with van der Waals surface area (Å²) in [5, 5.41) is 6.35. The molecule has 6 heteroatoms. The Kier molecular flexibility index (Phi) is 5.93. The van der Waals surface area contributed by atoms with Crippen LogP contribution in [-0.4, -0.2) is 19.9 Å². The minimum Gasteiger partial charge on any atom is -0.456 e. The molecule has 46 heavy (non-hydrogen) atoms. The van der Waals surface area contributed by atoms with E-state index in [1.54, 1.807) is 12.1 Å². The quantitative estimate of drug-likeness (QED) is 0.203. The zero-order valence-electron chi connectivity index (χ0n) is 24.4. The van der Waals surface area contributed by atoms with E-state index in [4.69, 9.17) is 19.4 Å². The first kappa shape index (κ1) is 26.2. The fraction of sp³-hybridized carbons (Fsp3) is 0. The van der Waals surface area contributed by atoms with Crippen molar-refractivity contribution in [3.63, 3.8) is 0 Å². The topological polar surface area (TPSA) is 64.7 Å². The lowest BCUT2D eigenvalue weighted by Gasteiger charge is -2.10. The van der Waals surface area contributed by atoms with Gasteiger partial charge in [0.15, 0.2) is 17.5 Å². The zero-order valence-corrected chi connectivity index (χ0v) is 24.4. The molecule has 0 radical (unpaired) electrons. The number of halogens is 1. The van der Waals surface area contributed by atoms with Crippen molar-refractivity contribution in [3.8, 4) is 45.4 Å². The SMILES string of the molecule is Fc1cccc(-c2nc(-c3ccc(-c4cc5ccccc5cn4)cc3)nc(-c3cccc4oc5cc6ccccc6cc5c34)n2)c1. The van der Waals surface area contributed by atoms with Gasteiger partial charge in [-0.05, 0) is 52.6 Å². The first-order valence-electron chi connectivity index (χ1n) is 15.0. The Morgan fingerprint density at radius 1 is 0.478 bits per heavy atom. The van der Waals surface area contributed by atoms with E-state index in [-0.39, 0.29) is 5.82 Å². The highest BCUT2D eigenvalue weighted by atomic mass is 19.1. The summed E-state index contributed by atoms with van der Waals surface area (Å²) >= 11 is 0. The summed E-state index contributed by atoms with van der Waals surface area (Å²) in [6, 6.07) is 42.9. The molecule has 9 rings (SSSR count). The molecule has 0 saturated carbocycles. The van der Waals surface area contributed by atoms with Crippen molar-refractivity contribution in [2.45, 2.75) is 0 Å². The van der Waals surface area contributed by atoms with E-state index in [2.05, 4.69) is 47.4 Å². The molecule has 0 N–H and O–H groups in total. The molecule has 5 nitrogen and oxygen atoms in total. The molecule has 0 amide bonds. The van der Waals surface area contributed by atoms with Crippen molar-refractivity contribution in [2.24, 2.45) is 0 Å². The van der Waals surface area contributed by atoms with Gasteiger partial charge < -0.3 is 4.42 Å². The van der Waals surface area contributed by atoms with E-state index in [0.29, 0.717) is 23.0 Å². The van der Waals surface area contributed by atoms with Gasteiger partial charge in [-0.2, -0.15) is 0 Å². The van der Waals surface area contributed by atoms with Crippen LogP contribution in [0.1, 0.15) is 0 Å². The van der Waals surface area contributed by atoms with Gasteiger partial charge in [-0.15, -0.1) is 0 Å². The van der Waals surface area contributed by atoms with Crippen LogP contribution in [0.5, 0.6) is 0 Å². The van der Waals surface area contributed by atoms with Gasteiger partial charge in [0.2, 0.25) is 0 Å². The smallest absolute Gasteiger partial charge is 0.164 e. The number of aromatic nitrogens is 4. The minimum atomic E-state index is -0.358. The van der Waals surface area contributed by atoms with Crippen LogP contribution in [-0.2, 0) is 0 Å². The summed E-state index contributed by atoms with van der Waals surface area (Å²) < 4.78 is 20.7. The number of rotatable bonds is 4. The van der Waals surface area contributed by atoms with Crippen LogP contribution < -0.4 is 0 Å². The van der Waals surface area contributed by atoms with Crippen LogP contribution in [0.4, 0.5) is 4.39 Å². The van der Waals surface area contributed by atoms with Crippen molar-refractivity contribution in [3.05, 3.63) is 145 Å². The average molecular weight is 595 g/mol. The molecular formula is C40H23FN4O. The number of hydrogen-bond acceptors (Lipinski definition) is 5.